The fourth-order valence-electron chi connectivity index (χ4n) is 3.35. The van der Waals surface area contributed by atoms with Crippen LogP contribution in [0.15, 0.2) is 83.5 Å². The number of phenols is 1. The molecule has 3 amide bonds. The van der Waals surface area contributed by atoms with E-state index in [2.05, 4.69) is 15.4 Å². The quantitative estimate of drug-likeness (QED) is 0.353. The van der Waals surface area contributed by atoms with Gasteiger partial charge in [-0.2, -0.15) is 0 Å². The summed E-state index contributed by atoms with van der Waals surface area (Å²) in [6.45, 7) is 0. The number of aromatic hydroxyl groups is 1. The van der Waals surface area contributed by atoms with Crippen molar-refractivity contribution in [3.05, 3.63) is 94.7 Å². The number of hydrogen-bond acceptors (Lipinski definition) is 7. The summed E-state index contributed by atoms with van der Waals surface area (Å²) in [5.74, 6) is -2.30. The van der Waals surface area contributed by atoms with Gasteiger partial charge in [0.1, 0.15) is 16.5 Å². The Morgan fingerprint density at radius 2 is 1.54 bits per heavy atom. The summed E-state index contributed by atoms with van der Waals surface area (Å²) < 4.78 is 4.64. The van der Waals surface area contributed by atoms with Crippen LogP contribution in [0.25, 0.3) is 0 Å². The number of nitrogens with zero attached hydrogens (tertiary/aromatic N) is 1. The summed E-state index contributed by atoms with van der Waals surface area (Å²) in [5.41, 5.74) is 1.58. The molecule has 0 saturated carbocycles. The molecule has 0 fully saturated rings. The maximum Gasteiger partial charge on any atom is 0.337 e. The van der Waals surface area contributed by atoms with Gasteiger partial charge in [-0.25, -0.2) is 9.69 Å². The summed E-state index contributed by atoms with van der Waals surface area (Å²) in [7, 11) is 1.25. The average Bonchev–Trinajstić information content (AvgIpc) is 3.07. The van der Waals surface area contributed by atoms with E-state index in [9.17, 15) is 24.3 Å². The largest absolute Gasteiger partial charge is 0.508 e. The Labute approximate surface area is 204 Å². The second-order valence-corrected chi connectivity index (χ2v) is 7.76. The van der Waals surface area contributed by atoms with Crippen molar-refractivity contribution < 1.29 is 29.0 Å². The first-order valence-electron chi connectivity index (χ1n) is 10.2. The van der Waals surface area contributed by atoms with Crippen LogP contribution in [0.1, 0.15) is 20.7 Å². The third-order valence-corrected chi connectivity index (χ3v) is 5.45. The molecule has 0 unspecified atom stereocenters. The Kier molecular flexibility index (Phi) is 6.52. The van der Waals surface area contributed by atoms with Crippen LogP contribution in [0.2, 0.25) is 0 Å². The van der Waals surface area contributed by atoms with E-state index >= 15 is 0 Å². The van der Waals surface area contributed by atoms with Gasteiger partial charge in [0.2, 0.25) is 0 Å². The normalized spacial score (nSPS) is 13.1. The highest BCUT2D eigenvalue weighted by molar-refractivity contribution is 6.53. The van der Waals surface area contributed by atoms with Crippen LogP contribution in [-0.2, 0) is 14.3 Å². The van der Waals surface area contributed by atoms with E-state index in [4.69, 9.17) is 11.6 Å². The highest BCUT2D eigenvalue weighted by atomic mass is 35.5. The van der Waals surface area contributed by atoms with Crippen LogP contribution < -0.4 is 15.5 Å². The van der Waals surface area contributed by atoms with Crippen molar-refractivity contribution in [3.63, 3.8) is 0 Å². The number of anilines is 3. The number of imide groups is 1. The molecule has 0 saturated heterocycles. The van der Waals surface area contributed by atoms with Gasteiger partial charge in [0.05, 0.1) is 18.4 Å². The van der Waals surface area contributed by atoms with Gasteiger partial charge in [0.25, 0.3) is 17.7 Å². The maximum absolute atomic E-state index is 12.9. The summed E-state index contributed by atoms with van der Waals surface area (Å²) >= 11 is 6.15. The minimum atomic E-state index is -0.716. The number of nitrogens with one attached hydrogen (secondary N) is 2. The van der Waals surface area contributed by atoms with E-state index in [0.717, 1.165) is 4.90 Å². The number of halogens is 1. The van der Waals surface area contributed by atoms with Gasteiger partial charge in [0, 0.05) is 23.0 Å². The van der Waals surface area contributed by atoms with Crippen LogP contribution in [0.5, 0.6) is 5.75 Å². The number of rotatable bonds is 6. The predicted molar refractivity (Wildman–Crippen MR) is 129 cm³/mol. The lowest BCUT2D eigenvalue weighted by atomic mass is 10.2. The summed E-state index contributed by atoms with van der Waals surface area (Å²) in [6, 6.07) is 18.1. The van der Waals surface area contributed by atoms with E-state index in [1.165, 1.54) is 55.6 Å². The topological polar surface area (TPSA) is 125 Å². The molecule has 9 nitrogen and oxygen atoms in total. The van der Waals surface area contributed by atoms with Crippen molar-refractivity contribution in [3.8, 4) is 5.75 Å². The minimum absolute atomic E-state index is 0.0248. The van der Waals surface area contributed by atoms with Gasteiger partial charge in [-0.1, -0.05) is 17.7 Å². The standard InChI is InChI=1S/C25H18ClN3O6/c1-35-25(34)15-7-11-18(12-8-15)29-23(32)20(26)21(24(29)33)27-16-9-5-14(6-10-16)22(31)28-17-3-2-4-19(30)13-17/h2-13,27,30H,1H3,(H,28,31). The molecule has 0 radical (unpaired) electrons. The summed E-state index contributed by atoms with van der Waals surface area (Å²) in [5, 5.41) is 14.7. The van der Waals surface area contributed by atoms with Gasteiger partial charge in [-0.3, -0.25) is 14.4 Å². The Balaban J connectivity index is 1.47. The first-order valence-corrected chi connectivity index (χ1v) is 10.6. The molecule has 176 valence electrons. The van der Waals surface area contributed by atoms with Crippen LogP contribution in [0.3, 0.4) is 0 Å². The molecule has 10 heteroatoms. The van der Waals surface area contributed by atoms with Crippen LogP contribution in [-0.4, -0.2) is 35.9 Å². The second-order valence-electron chi connectivity index (χ2n) is 7.38. The van der Waals surface area contributed by atoms with Crippen molar-refractivity contribution in [1.29, 1.82) is 0 Å². The molecule has 1 aliphatic rings. The monoisotopic (exact) mass is 491 g/mol. The van der Waals surface area contributed by atoms with Gasteiger partial charge in [0.15, 0.2) is 0 Å². The lowest BCUT2D eigenvalue weighted by Crippen LogP contribution is -2.32. The second kappa shape index (κ2) is 9.70. The number of amides is 3. The molecule has 1 aliphatic heterocycles. The zero-order valence-corrected chi connectivity index (χ0v) is 19.0. The fourth-order valence-corrected chi connectivity index (χ4v) is 3.56. The van der Waals surface area contributed by atoms with Crippen LogP contribution in [0.4, 0.5) is 17.1 Å². The third kappa shape index (κ3) is 4.85. The third-order valence-electron chi connectivity index (χ3n) is 5.09. The van der Waals surface area contributed by atoms with E-state index < -0.39 is 23.7 Å². The Morgan fingerprint density at radius 1 is 0.886 bits per heavy atom. The fraction of sp³-hybridized carbons (Fsp3) is 0.0400. The Bertz CT molecular complexity index is 1370. The first kappa shape index (κ1) is 23.5. The highest BCUT2D eigenvalue weighted by Crippen LogP contribution is 2.30. The number of ether oxygens (including phenoxy) is 1. The molecule has 0 bridgehead atoms. The van der Waals surface area contributed by atoms with Gasteiger partial charge >= 0.3 is 5.97 Å². The zero-order valence-electron chi connectivity index (χ0n) is 18.2. The SMILES string of the molecule is COC(=O)c1ccc(N2C(=O)C(Cl)=C(Nc3ccc(C(=O)Nc4cccc(O)c4)cc3)C2=O)cc1. The van der Waals surface area contributed by atoms with Crippen LogP contribution >= 0.6 is 11.6 Å². The number of benzene rings is 3. The van der Waals surface area contributed by atoms with Crippen LogP contribution in [0, 0.1) is 0 Å². The lowest BCUT2D eigenvalue weighted by molar-refractivity contribution is -0.120. The maximum atomic E-state index is 12.9. The van der Waals surface area contributed by atoms with Crippen molar-refractivity contribution in [1.82, 2.24) is 0 Å². The minimum Gasteiger partial charge on any atom is -0.508 e. The molecule has 3 aromatic carbocycles. The molecule has 1 heterocycles. The predicted octanol–water partition coefficient (Wildman–Crippen LogP) is 3.87. The number of carbonyl (C=O) groups excluding carboxylic acids is 4. The van der Waals surface area contributed by atoms with E-state index in [0.29, 0.717) is 16.9 Å². The molecular weight excluding hydrogens is 474 g/mol. The van der Waals surface area contributed by atoms with Crippen molar-refractivity contribution >= 4 is 52.4 Å². The molecule has 0 aliphatic carbocycles. The Hall–Kier alpha value is -4.63. The smallest absolute Gasteiger partial charge is 0.337 e. The van der Waals surface area contributed by atoms with E-state index in [-0.39, 0.29) is 27.7 Å². The first-order chi connectivity index (χ1) is 16.8. The van der Waals surface area contributed by atoms with Gasteiger partial charge in [-0.15, -0.1) is 0 Å². The Morgan fingerprint density at radius 3 is 2.17 bits per heavy atom. The van der Waals surface area contributed by atoms with Crippen molar-refractivity contribution in [2.75, 3.05) is 22.6 Å². The van der Waals surface area contributed by atoms with E-state index in [1.54, 1.807) is 24.3 Å². The van der Waals surface area contributed by atoms with Gasteiger partial charge in [-0.05, 0) is 60.7 Å². The lowest BCUT2D eigenvalue weighted by Gasteiger charge is -2.15. The molecule has 0 atom stereocenters. The molecule has 3 aromatic rings. The number of esters is 1. The summed E-state index contributed by atoms with van der Waals surface area (Å²) in [6.07, 6.45) is 0. The molecule has 3 N–H and O–H groups in total. The molecule has 4 rings (SSSR count). The van der Waals surface area contributed by atoms with Crippen molar-refractivity contribution in [2.24, 2.45) is 0 Å². The summed E-state index contributed by atoms with van der Waals surface area (Å²) in [4.78, 5) is 50.5. The molecule has 35 heavy (non-hydrogen) atoms. The van der Waals surface area contributed by atoms with E-state index in [1.807, 2.05) is 0 Å². The highest BCUT2D eigenvalue weighted by Gasteiger charge is 2.39. The number of carbonyl (C=O) groups is 4. The van der Waals surface area contributed by atoms with Gasteiger partial charge < -0.3 is 20.5 Å². The number of methoxy groups -OCH3 is 1. The van der Waals surface area contributed by atoms with Crippen molar-refractivity contribution in [2.45, 2.75) is 0 Å². The molecule has 0 spiro atoms. The zero-order chi connectivity index (χ0) is 25.1. The number of hydrogen-bond donors (Lipinski definition) is 3. The average molecular weight is 492 g/mol. The number of phenolic OH excluding ortho intramolecular Hbond substituents is 1. The molecular formula is C25H18ClN3O6. The molecule has 0 aromatic heterocycles.